The summed E-state index contributed by atoms with van der Waals surface area (Å²) in [6.45, 7) is 5.49. The highest BCUT2D eigenvalue weighted by molar-refractivity contribution is 5.95. The molecule has 4 heteroatoms. The molecular formula is C17H26N2O2. The van der Waals surface area contributed by atoms with Crippen LogP contribution in [-0.4, -0.2) is 47.7 Å². The van der Waals surface area contributed by atoms with Gasteiger partial charge >= 0.3 is 0 Å². The van der Waals surface area contributed by atoms with Gasteiger partial charge in [0, 0.05) is 17.8 Å². The topological polar surface area (TPSA) is 43.8 Å². The van der Waals surface area contributed by atoms with Crippen LogP contribution < -0.4 is 4.90 Å². The van der Waals surface area contributed by atoms with Crippen molar-refractivity contribution in [2.24, 2.45) is 0 Å². The molecule has 1 amide bonds. The zero-order valence-corrected chi connectivity index (χ0v) is 13.0. The SMILES string of the molecule is CC(C)N(C(=O)CN1CCCCC1CO)c1ccccc1. The number of nitrogens with zero attached hydrogens (tertiary/aromatic N) is 2. The molecule has 1 aliphatic heterocycles. The predicted octanol–water partition coefficient (Wildman–Crippen LogP) is 2.27. The molecule has 0 spiro atoms. The molecule has 1 fully saturated rings. The number of likely N-dealkylation sites (tertiary alicyclic amines) is 1. The molecule has 0 saturated carbocycles. The van der Waals surface area contributed by atoms with E-state index in [4.69, 9.17) is 0 Å². The van der Waals surface area contributed by atoms with Crippen molar-refractivity contribution in [3.63, 3.8) is 0 Å². The fourth-order valence-corrected chi connectivity index (χ4v) is 3.04. The van der Waals surface area contributed by atoms with E-state index in [1.807, 2.05) is 49.1 Å². The van der Waals surface area contributed by atoms with Crippen molar-refractivity contribution in [2.75, 3.05) is 24.6 Å². The van der Waals surface area contributed by atoms with E-state index in [0.29, 0.717) is 6.54 Å². The van der Waals surface area contributed by atoms with Crippen molar-refractivity contribution < 1.29 is 9.90 Å². The molecule has 1 N–H and O–H groups in total. The Hall–Kier alpha value is -1.39. The third-order valence-corrected chi connectivity index (χ3v) is 4.12. The number of para-hydroxylation sites is 1. The van der Waals surface area contributed by atoms with Crippen LogP contribution in [-0.2, 0) is 4.79 Å². The summed E-state index contributed by atoms with van der Waals surface area (Å²) in [5, 5.41) is 9.47. The summed E-state index contributed by atoms with van der Waals surface area (Å²) < 4.78 is 0. The quantitative estimate of drug-likeness (QED) is 0.905. The fourth-order valence-electron chi connectivity index (χ4n) is 3.04. The molecule has 1 aromatic rings. The van der Waals surface area contributed by atoms with Crippen molar-refractivity contribution in [2.45, 2.75) is 45.2 Å². The average Bonchev–Trinajstić information content (AvgIpc) is 2.48. The summed E-state index contributed by atoms with van der Waals surface area (Å²) >= 11 is 0. The average molecular weight is 290 g/mol. The number of piperidine rings is 1. The second-order valence-electron chi connectivity index (χ2n) is 6.00. The van der Waals surface area contributed by atoms with Gasteiger partial charge in [0.05, 0.1) is 13.2 Å². The molecule has 1 aromatic carbocycles. The molecule has 21 heavy (non-hydrogen) atoms. The van der Waals surface area contributed by atoms with Crippen LogP contribution in [0, 0.1) is 0 Å². The van der Waals surface area contributed by atoms with Crippen molar-refractivity contribution in [1.82, 2.24) is 4.90 Å². The first kappa shape index (κ1) is 16.0. The second-order valence-corrected chi connectivity index (χ2v) is 6.00. The molecule has 1 aliphatic rings. The smallest absolute Gasteiger partial charge is 0.241 e. The Morgan fingerprint density at radius 3 is 2.67 bits per heavy atom. The molecule has 1 atom stereocenters. The first-order valence-corrected chi connectivity index (χ1v) is 7.85. The van der Waals surface area contributed by atoms with Gasteiger partial charge in [-0.2, -0.15) is 0 Å². The largest absolute Gasteiger partial charge is 0.395 e. The van der Waals surface area contributed by atoms with Gasteiger partial charge in [0.15, 0.2) is 0 Å². The molecule has 0 bridgehead atoms. The lowest BCUT2D eigenvalue weighted by atomic mass is 10.0. The Bertz CT molecular complexity index is 447. The second kappa shape index (κ2) is 7.57. The molecule has 0 radical (unpaired) electrons. The van der Waals surface area contributed by atoms with Crippen molar-refractivity contribution in [3.8, 4) is 0 Å². The minimum atomic E-state index is 0.108. The number of hydrogen-bond acceptors (Lipinski definition) is 3. The van der Waals surface area contributed by atoms with E-state index in [-0.39, 0.29) is 24.6 Å². The van der Waals surface area contributed by atoms with E-state index in [1.165, 1.54) is 0 Å². The van der Waals surface area contributed by atoms with Gasteiger partial charge in [-0.1, -0.05) is 24.6 Å². The lowest BCUT2D eigenvalue weighted by Crippen LogP contribution is -2.49. The molecule has 1 heterocycles. The van der Waals surface area contributed by atoms with Gasteiger partial charge in [-0.25, -0.2) is 0 Å². The van der Waals surface area contributed by atoms with Crippen LogP contribution >= 0.6 is 0 Å². The number of hydrogen-bond donors (Lipinski definition) is 1. The third kappa shape index (κ3) is 4.05. The summed E-state index contributed by atoms with van der Waals surface area (Å²) in [5.74, 6) is 0.108. The summed E-state index contributed by atoms with van der Waals surface area (Å²) in [4.78, 5) is 16.7. The molecule has 1 unspecified atom stereocenters. The molecule has 0 aromatic heterocycles. The van der Waals surface area contributed by atoms with Crippen LogP contribution in [0.5, 0.6) is 0 Å². The Balaban J connectivity index is 2.08. The van der Waals surface area contributed by atoms with Crippen LogP contribution in [0.3, 0.4) is 0 Å². The lowest BCUT2D eigenvalue weighted by Gasteiger charge is -2.36. The van der Waals surface area contributed by atoms with Crippen LogP contribution in [0.15, 0.2) is 30.3 Å². The molecule has 0 aliphatic carbocycles. The maximum absolute atomic E-state index is 12.7. The van der Waals surface area contributed by atoms with Gasteiger partial charge in [-0.05, 0) is 45.4 Å². The maximum atomic E-state index is 12.7. The lowest BCUT2D eigenvalue weighted by molar-refractivity contribution is -0.121. The number of aliphatic hydroxyl groups excluding tert-OH is 1. The Labute approximate surface area is 127 Å². The van der Waals surface area contributed by atoms with Crippen LogP contribution in [0.4, 0.5) is 5.69 Å². The number of amides is 1. The summed E-state index contributed by atoms with van der Waals surface area (Å²) in [6, 6.07) is 10.1. The minimum Gasteiger partial charge on any atom is -0.395 e. The van der Waals surface area contributed by atoms with Gasteiger partial charge in [0.2, 0.25) is 5.91 Å². The Morgan fingerprint density at radius 1 is 1.33 bits per heavy atom. The fraction of sp³-hybridized carbons (Fsp3) is 0.588. The van der Waals surface area contributed by atoms with Gasteiger partial charge in [-0.15, -0.1) is 0 Å². The number of benzene rings is 1. The van der Waals surface area contributed by atoms with E-state index in [9.17, 15) is 9.90 Å². The van der Waals surface area contributed by atoms with E-state index >= 15 is 0 Å². The van der Waals surface area contributed by atoms with Crippen LogP contribution in [0.1, 0.15) is 33.1 Å². The number of rotatable bonds is 5. The highest BCUT2D eigenvalue weighted by Gasteiger charge is 2.27. The Morgan fingerprint density at radius 2 is 2.05 bits per heavy atom. The van der Waals surface area contributed by atoms with Gasteiger partial charge in [0.25, 0.3) is 0 Å². The van der Waals surface area contributed by atoms with Gasteiger partial charge in [0.1, 0.15) is 0 Å². The van der Waals surface area contributed by atoms with E-state index in [1.54, 1.807) is 0 Å². The standard InChI is InChI=1S/C17H26N2O2/c1-14(2)19(15-8-4-3-5-9-15)17(21)12-18-11-7-6-10-16(18)13-20/h3-5,8-9,14,16,20H,6-7,10-13H2,1-2H3. The summed E-state index contributed by atoms with van der Waals surface area (Å²) in [7, 11) is 0. The number of aliphatic hydroxyl groups is 1. The van der Waals surface area contributed by atoms with E-state index < -0.39 is 0 Å². The monoisotopic (exact) mass is 290 g/mol. The van der Waals surface area contributed by atoms with Crippen LogP contribution in [0.25, 0.3) is 0 Å². The summed E-state index contributed by atoms with van der Waals surface area (Å²) in [6.07, 6.45) is 3.23. The molecule has 2 rings (SSSR count). The maximum Gasteiger partial charge on any atom is 0.241 e. The zero-order chi connectivity index (χ0) is 15.2. The normalized spacial score (nSPS) is 19.7. The molecule has 1 saturated heterocycles. The third-order valence-electron chi connectivity index (χ3n) is 4.12. The molecule has 4 nitrogen and oxygen atoms in total. The van der Waals surface area contributed by atoms with Crippen molar-refractivity contribution >= 4 is 11.6 Å². The highest BCUT2D eigenvalue weighted by Crippen LogP contribution is 2.20. The van der Waals surface area contributed by atoms with E-state index in [2.05, 4.69) is 4.90 Å². The first-order valence-electron chi connectivity index (χ1n) is 7.85. The van der Waals surface area contributed by atoms with Crippen molar-refractivity contribution in [1.29, 1.82) is 0 Å². The summed E-state index contributed by atoms with van der Waals surface area (Å²) in [5.41, 5.74) is 0.940. The predicted molar refractivity (Wildman–Crippen MR) is 85.4 cm³/mol. The number of anilines is 1. The first-order chi connectivity index (χ1) is 10.1. The van der Waals surface area contributed by atoms with Crippen LogP contribution in [0.2, 0.25) is 0 Å². The highest BCUT2D eigenvalue weighted by atomic mass is 16.3. The Kier molecular flexibility index (Phi) is 5.76. The van der Waals surface area contributed by atoms with Crippen molar-refractivity contribution in [3.05, 3.63) is 30.3 Å². The number of carbonyl (C=O) groups is 1. The van der Waals surface area contributed by atoms with Gasteiger partial charge < -0.3 is 10.0 Å². The molecular weight excluding hydrogens is 264 g/mol. The molecule has 116 valence electrons. The van der Waals surface area contributed by atoms with Gasteiger partial charge in [-0.3, -0.25) is 9.69 Å². The minimum absolute atomic E-state index is 0.108. The van der Waals surface area contributed by atoms with E-state index in [0.717, 1.165) is 31.5 Å². The number of carbonyl (C=O) groups excluding carboxylic acids is 1. The zero-order valence-electron chi connectivity index (χ0n) is 13.0.